The Bertz CT molecular complexity index is 1630. The number of amides is 3. The first-order valence-electron chi connectivity index (χ1n) is 15.9. The van der Waals surface area contributed by atoms with E-state index in [0.29, 0.717) is 55.2 Å². The lowest BCUT2D eigenvalue weighted by Crippen LogP contribution is -2.39. The maximum absolute atomic E-state index is 14.5. The van der Waals surface area contributed by atoms with Crippen LogP contribution >= 0.6 is 11.6 Å². The van der Waals surface area contributed by atoms with Crippen molar-refractivity contribution in [1.29, 1.82) is 0 Å². The van der Waals surface area contributed by atoms with Gasteiger partial charge in [-0.1, -0.05) is 23.7 Å². The third kappa shape index (κ3) is 8.60. The monoisotopic (exact) mass is 682 g/mol. The normalized spacial score (nSPS) is 16.0. The Morgan fingerprint density at radius 3 is 2.44 bits per heavy atom. The maximum atomic E-state index is 14.5. The van der Waals surface area contributed by atoms with Crippen molar-refractivity contribution in [2.24, 2.45) is 0 Å². The summed E-state index contributed by atoms with van der Waals surface area (Å²) >= 11 is 5.92. The zero-order valence-corrected chi connectivity index (χ0v) is 28.2. The summed E-state index contributed by atoms with van der Waals surface area (Å²) < 4.78 is 38.3. The van der Waals surface area contributed by atoms with Gasteiger partial charge in [-0.3, -0.25) is 9.59 Å². The molecule has 11 nitrogen and oxygen atoms in total. The van der Waals surface area contributed by atoms with Crippen LogP contribution in [0.5, 0.6) is 5.75 Å². The van der Waals surface area contributed by atoms with E-state index in [9.17, 15) is 18.8 Å². The van der Waals surface area contributed by atoms with E-state index in [1.807, 2.05) is 0 Å². The van der Waals surface area contributed by atoms with E-state index < -0.39 is 35.1 Å². The second-order valence-corrected chi connectivity index (χ2v) is 13.0. The molecule has 0 atom stereocenters. The minimum Gasteiger partial charge on any atom is -0.489 e. The number of alkyl carbamates (subject to hydrolysis) is 1. The number of anilines is 2. The molecule has 0 radical (unpaired) electrons. The largest absolute Gasteiger partial charge is 0.489 e. The van der Waals surface area contributed by atoms with E-state index in [-0.39, 0.29) is 41.8 Å². The second-order valence-electron chi connectivity index (χ2n) is 12.6. The predicted molar refractivity (Wildman–Crippen MR) is 178 cm³/mol. The van der Waals surface area contributed by atoms with E-state index in [1.165, 1.54) is 29.3 Å². The molecule has 2 N–H and O–H groups in total. The van der Waals surface area contributed by atoms with Crippen molar-refractivity contribution in [2.75, 3.05) is 30.0 Å². The van der Waals surface area contributed by atoms with Gasteiger partial charge in [-0.2, -0.15) is 0 Å². The van der Waals surface area contributed by atoms with Crippen molar-refractivity contribution in [3.63, 3.8) is 0 Å². The summed E-state index contributed by atoms with van der Waals surface area (Å²) in [6, 6.07) is 11.8. The SMILES string of the molecule is CCN(C(=O)c1cccc(CNC(=O)OC(C)(C)C)c1OC1CCC2(CC1)OCCO2)c1ccc(F)cc1C(=O)Nc1ccc(Cl)cn1. The lowest BCUT2D eigenvalue weighted by molar-refractivity contribution is -0.186. The molecule has 1 spiro atoms. The molecule has 48 heavy (non-hydrogen) atoms. The molecule has 1 aliphatic heterocycles. The lowest BCUT2D eigenvalue weighted by atomic mass is 9.91. The summed E-state index contributed by atoms with van der Waals surface area (Å²) in [5.41, 5.74) is 0.190. The fraction of sp³-hybridized carbons (Fsp3) is 0.429. The van der Waals surface area contributed by atoms with Gasteiger partial charge in [-0.15, -0.1) is 0 Å². The van der Waals surface area contributed by atoms with Gasteiger partial charge in [0.15, 0.2) is 5.79 Å². The van der Waals surface area contributed by atoms with Crippen molar-refractivity contribution >= 4 is 41.0 Å². The topological polar surface area (TPSA) is 128 Å². The molecule has 256 valence electrons. The number of pyridine rings is 1. The molecule has 13 heteroatoms. The molecule has 5 rings (SSSR count). The van der Waals surface area contributed by atoms with Crippen LogP contribution in [0.25, 0.3) is 0 Å². The second kappa shape index (κ2) is 14.9. The summed E-state index contributed by atoms with van der Waals surface area (Å²) in [5.74, 6) is -1.89. The Kier molecular flexibility index (Phi) is 10.9. The smallest absolute Gasteiger partial charge is 0.407 e. The van der Waals surface area contributed by atoms with Gasteiger partial charge < -0.3 is 34.5 Å². The van der Waals surface area contributed by atoms with E-state index >= 15 is 0 Å². The number of carbonyl (C=O) groups is 3. The van der Waals surface area contributed by atoms with Gasteiger partial charge >= 0.3 is 6.09 Å². The molecule has 3 aromatic rings. The molecule has 0 unspecified atom stereocenters. The van der Waals surface area contributed by atoms with Crippen LogP contribution in [0.2, 0.25) is 5.02 Å². The van der Waals surface area contributed by atoms with Crippen LogP contribution in [0.15, 0.2) is 54.7 Å². The van der Waals surface area contributed by atoms with Crippen LogP contribution in [0.4, 0.5) is 20.7 Å². The molecule has 2 aromatic carbocycles. The Morgan fingerprint density at radius 2 is 1.79 bits per heavy atom. The number of hydrogen-bond acceptors (Lipinski definition) is 8. The highest BCUT2D eigenvalue weighted by Gasteiger charge is 2.41. The van der Waals surface area contributed by atoms with E-state index in [2.05, 4.69) is 15.6 Å². The first-order valence-corrected chi connectivity index (χ1v) is 16.3. The fourth-order valence-corrected chi connectivity index (χ4v) is 5.85. The Hall–Kier alpha value is -4.26. The molecule has 1 saturated carbocycles. The fourth-order valence-electron chi connectivity index (χ4n) is 5.74. The van der Waals surface area contributed by atoms with Gasteiger partial charge in [-0.25, -0.2) is 14.2 Å². The van der Waals surface area contributed by atoms with Crippen molar-refractivity contribution in [3.05, 3.63) is 82.3 Å². The molecule has 3 amide bonds. The number of nitrogens with zero attached hydrogens (tertiary/aromatic N) is 2. The predicted octanol–water partition coefficient (Wildman–Crippen LogP) is 6.88. The zero-order chi connectivity index (χ0) is 34.5. The number of benzene rings is 2. The van der Waals surface area contributed by atoms with Gasteiger partial charge in [0.25, 0.3) is 11.8 Å². The van der Waals surface area contributed by atoms with Crippen molar-refractivity contribution < 1.29 is 37.7 Å². The number of para-hydroxylation sites is 1. The van der Waals surface area contributed by atoms with Crippen LogP contribution in [0, 0.1) is 5.82 Å². The average Bonchev–Trinajstić information content (AvgIpc) is 3.50. The number of carbonyl (C=O) groups excluding carboxylic acids is 3. The molecule has 2 heterocycles. The molecular formula is C35H40ClFN4O7. The minimum atomic E-state index is -0.700. The maximum Gasteiger partial charge on any atom is 0.407 e. The first-order chi connectivity index (χ1) is 22.9. The average molecular weight is 683 g/mol. The molecular weight excluding hydrogens is 643 g/mol. The van der Waals surface area contributed by atoms with Gasteiger partial charge in [0, 0.05) is 37.7 Å². The first kappa shape index (κ1) is 35.1. The molecule has 1 aliphatic carbocycles. The van der Waals surface area contributed by atoms with Gasteiger partial charge in [0.05, 0.1) is 41.2 Å². The summed E-state index contributed by atoms with van der Waals surface area (Å²) in [6.45, 7) is 8.32. The molecule has 1 saturated heterocycles. The van der Waals surface area contributed by atoms with Gasteiger partial charge in [0.1, 0.15) is 23.0 Å². The number of hydrogen-bond donors (Lipinski definition) is 2. The van der Waals surface area contributed by atoms with Crippen LogP contribution in [-0.2, 0) is 20.8 Å². The molecule has 1 aromatic heterocycles. The van der Waals surface area contributed by atoms with Crippen molar-refractivity contribution in [1.82, 2.24) is 10.3 Å². The summed E-state index contributed by atoms with van der Waals surface area (Å²) in [5, 5.41) is 5.78. The number of halogens is 2. The quantitative estimate of drug-likeness (QED) is 0.250. The number of ether oxygens (including phenoxy) is 4. The molecule has 0 bridgehead atoms. The third-order valence-electron chi connectivity index (χ3n) is 7.97. The van der Waals surface area contributed by atoms with E-state index in [0.717, 1.165) is 6.07 Å². The van der Waals surface area contributed by atoms with Gasteiger partial charge in [0.2, 0.25) is 0 Å². The zero-order valence-electron chi connectivity index (χ0n) is 27.4. The summed E-state index contributed by atoms with van der Waals surface area (Å²) in [6.07, 6.45) is 3.02. The Balaban J connectivity index is 1.45. The lowest BCUT2D eigenvalue weighted by Gasteiger charge is -2.36. The third-order valence-corrected chi connectivity index (χ3v) is 8.19. The Morgan fingerprint density at radius 1 is 1.06 bits per heavy atom. The van der Waals surface area contributed by atoms with E-state index in [4.69, 9.17) is 30.5 Å². The molecule has 2 fully saturated rings. The number of aromatic nitrogens is 1. The van der Waals surface area contributed by atoms with Crippen LogP contribution in [0.1, 0.15) is 79.7 Å². The van der Waals surface area contributed by atoms with Crippen LogP contribution in [-0.4, -0.2) is 60.1 Å². The van der Waals surface area contributed by atoms with E-state index in [1.54, 1.807) is 52.0 Å². The van der Waals surface area contributed by atoms with Crippen LogP contribution < -0.4 is 20.3 Å². The Labute approximate surface area is 284 Å². The number of rotatable bonds is 9. The summed E-state index contributed by atoms with van der Waals surface area (Å²) in [4.78, 5) is 45.8. The highest BCUT2D eigenvalue weighted by Crippen LogP contribution is 2.39. The standard InChI is InChI=1S/C35H40ClFN4O7/c1-5-41(28-11-10-24(37)19-27(28)31(42)40-29-12-9-23(36)21-38-29)32(43)26-8-6-7-22(20-39-33(44)48-34(2,3)4)30(26)47-25-13-15-35(16-14-25)45-17-18-46-35/h6-12,19,21,25H,5,13-18,20H2,1-4H3,(H,39,44)(H,38,40,42). The molecule has 2 aliphatic rings. The minimum absolute atomic E-state index is 0.0265. The van der Waals surface area contributed by atoms with Crippen molar-refractivity contribution in [3.8, 4) is 5.75 Å². The van der Waals surface area contributed by atoms with Crippen molar-refractivity contribution in [2.45, 2.75) is 77.4 Å². The van der Waals surface area contributed by atoms with Gasteiger partial charge in [-0.05, 0) is 76.9 Å². The number of nitrogens with one attached hydrogen (secondary N) is 2. The summed E-state index contributed by atoms with van der Waals surface area (Å²) in [7, 11) is 0. The highest BCUT2D eigenvalue weighted by molar-refractivity contribution is 6.30. The van der Waals surface area contributed by atoms with Crippen LogP contribution in [0.3, 0.4) is 0 Å². The highest BCUT2D eigenvalue weighted by atomic mass is 35.5.